The van der Waals surface area contributed by atoms with Crippen LogP contribution in [0.1, 0.15) is 34.6 Å². The normalized spacial score (nSPS) is 14.6. The van der Waals surface area contributed by atoms with Crippen LogP contribution < -0.4 is 21.3 Å². The molecule has 1 heterocycles. The Morgan fingerprint density at radius 2 is 2.06 bits per heavy atom. The topological polar surface area (TPSA) is 109 Å². The Labute approximate surface area is 203 Å². The number of hydrogen-bond acceptors (Lipinski definition) is 7. The molecule has 0 bridgehead atoms. The zero-order chi connectivity index (χ0) is 24.9. The van der Waals surface area contributed by atoms with Gasteiger partial charge in [-0.15, -0.1) is 0 Å². The van der Waals surface area contributed by atoms with Gasteiger partial charge in [0, 0.05) is 18.5 Å². The Balaban J connectivity index is 1.61. The summed E-state index contributed by atoms with van der Waals surface area (Å²) in [6.07, 6.45) is -0.156. The summed E-state index contributed by atoms with van der Waals surface area (Å²) in [6, 6.07) is 15.8. The van der Waals surface area contributed by atoms with Crippen LogP contribution in [0.3, 0.4) is 0 Å². The lowest BCUT2D eigenvalue weighted by atomic mass is 9.84. The summed E-state index contributed by atoms with van der Waals surface area (Å²) < 4.78 is 20.6. The van der Waals surface area contributed by atoms with Crippen LogP contribution in [0.2, 0.25) is 0 Å². The van der Waals surface area contributed by atoms with Crippen LogP contribution in [-0.2, 0) is 16.3 Å². The number of nitrogens with two attached hydrogens (primary N) is 1. The molecule has 0 spiro atoms. The SMILES string of the molecule is CNc1ccc(C(CC(=O)O)c2ccc(F)c(CN3CCOc4ccccc4NO3)c2)c(C)c1N. The van der Waals surface area contributed by atoms with Gasteiger partial charge in [-0.1, -0.05) is 30.3 Å². The number of aliphatic carboxylic acids is 1. The van der Waals surface area contributed by atoms with Crippen molar-refractivity contribution in [3.05, 3.63) is 82.7 Å². The molecular formula is C26H29FN4O4. The van der Waals surface area contributed by atoms with Crippen LogP contribution >= 0.6 is 0 Å². The first-order chi connectivity index (χ1) is 16.9. The molecule has 35 heavy (non-hydrogen) atoms. The number of nitrogen functional groups attached to an aromatic ring is 1. The average molecular weight is 481 g/mol. The van der Waals surface area contributed by atoms with Gasteiger partial charge < -0.3 is 20.9 Å². The average Bonchev–Trinajstić information content (AvgIpc) is 2.83. The first-order valence-electron chi connectivity index (χ1n) is 11.3. The molecular weight excluding hydrogens is 451 g/mol. The molecule has 9 heteroatoms. The molecule has 5 N–H and O–H groups in total. The van der Waals surface area contributed by atoms with E-state index in [1.54, 1.807) is 24.2 Å². The molecule has 1 aliphatic rings. The number of benzene rings is 3. The number of fused-ring (bicyclic) bond motifs is 1. The number of hydroxylamine groups is 2. The number of para-hydroxylation sites is 2. The molecule has 0 aromatic heterocycles. The molecule has 3 aromatic carbocycles. The fourth-order valence-electron chi connectivity index (χ4n) is 4.25. The summed E-state index contributed by atoms with van der Waals surface area (Å²) in [5.41, 5.74) is 13.8. The van der Waals surface area contributed by atoms with E-state index in [1.807, 2.05) is 43.3 Å². The molecule has 1 atom stereocenters. The monoisotopic (exact) mass is 480 g/mol. The van der Waals surface area contributed by atoms with Crippen LogP contribution in [0.5, 0.6) is 5.75 Å². The van der Waals surface area contributed by atoms with Crippen molar-refractivity contribution in [1.29, 1.82) is 0 Å². The van der Waals surface area contributed by atoms with Crippen molar-refractivity contribution >= 4 is 23.0 Å². The summed E-state index contributed by atoms with van der Waals surface area (Å²) in [4.78, 5) is 17.4. The molecule has 0 radical (unpaired) electrons. The van der Waals surface area contributed by atoms with Crippen molar-refractivity contribution in [3.63, 3.8) is 0 Å². The van der Waals surface area contributed by atoms with Gasteiger partial charge >= 0.3 is 5.97 Å². The third kappa shape index (κ3) is 5.47. The second kappa shape index (κ2) is 10.6. The van der Waals surface area contributed by atoms with Crippen molar-refractivity contribution in [2.75, 3.05) is 36.7 Å². The standard InChI is InChI=1S/C26H29FN4O4/c1-16-19(8-10-23(29-2)26(16)28)20(14-25(32)33)17-7-9-21(27)18(13-17)15-31-11-12-34-24-6-4-3-5-22(24)30-35-31/h3-10,13,20,29-30H,11-12,14-15,28H2,1-2H3,(H,32,33). The number of halogens is 1. The third-order valence-electron chi connectivity index (χ3n) is 6.17. The van der Waals surface area contributed by atoms with Gasteiger partial charge in [0.25, 0.3) is 0 Å². The highest BCUT2D eigenvalue weighted by molar-refractivity contribution is 5.74. The Hall–Kier alpha value is -3.82. The Morgan fingerprint density at radius 1 is 1.26 bits per heavy atom. The van der Waals surface area contributed by atoms with E-state index in [4.69, 9.17) is 15.4 Å². The van der Waals surface area contributed by atoms with Gasteiger partial charge in [0.1, 0.15) is 23.9 Å². The lowest BCUT2D eigenvalue weighted by molar-refractivity contribution is -0.147. The maximum Gasteiger partial charge on any atom is 0.304 e. The van der Waals surface area contributed by atoms with Crippen LogP contribution in [0.4, 0.5) is 21.5 Å². The number of carboxylic acid groups (broad SMARTS) is 1. The van der Waals surface area contributed by atoms with Crippen LogP contribution in [-0.4, -0.2) is 36.3 Å². The minimum Gasteiger partial charge on any atom is -0.490 e. The predicted octanol–water partition coefficient (Wildman–Crippen LogP) is 4.52. The van der Waals surface area contributed by atoms with Gasteiger partial charge in [0.15, 0.2) is 0 Å². The highest BCUT2D eigenvalue weighted by Gasteiger charge is 2.23. The van der Waals surface area contributed by atoms with E-state index in [1.165, 1.54) is 6.07 Å². The van der Waals surface area contributed by atoms with Gasteiger partial charge in [-0.25, -0.2) is 9.87 Å². The minimum atomic E-state index is -0.955. The Morgan fingerprint density at radius 3 is 2.83 bits per heavy atom. The molecule has 1 aliphatic heterocycles. The summed E-state index contributed by atoms with van der Waals surface area (Å²) in [7, 11) is 1.77. The number of carbonyl (C=O) groups is 1. The fraction of sp³-hybridized carbons (Fsp3) is 0.269. The summed E-state index contributed by atoms with van der Waals surface area (Å²) in [5.74, 6) is -1.18. The number of nitrogens with one attached hydrogen (secondary N) is 2. The van der Waals surface area contributed by atoms with E-state index >= 15 is 0 Å². The lowest BCUT2D eigenvalue weighted by Gasteiger charge is -2.26. The van der Waals surface area contributed by atoms with Crippen LogP contribution in [0.25, 0.3) is 0 Å². The predicted molar refractivity (Wildman–Crippen MR) is 133 cm³/mol. The van der Waals surface area contributed by atoms with Gasteiger partial charge in [0.05, 0.1) is 30.9 Å². The number of rotatable bonds is 7. The molecule has 0 saturated carbocycles. The molecule has 184 valence electrons. The second-order valence-corrected chi connectivity index (χ2v) is 8.39. The minimum absolute atomic E-state index is 0.137. The summed E-state index contributed by atoms with van der Waals surface area (Å²) in [6.45, 7) is 2.75. The first-order valence-corrected chi connectivity index (χ1v) is 11.3. The second-order valence-electron chi connectivity index (χ2n) is 8.39. The fourth-order valence-corrected chi connectivity index (χ4v) is 4.25. The van der Waals surface area contributed by atoms with E-state index in [-0.39, 0.29) is 13.0 Å². The van der Waals surface area contributed by atoms with Crippen LogP contribution in [0.15, 0.2) is 54.6 Å². The maximum absolute atomic E-state index is 14.8. The van der Waals surface area contributed by atoms with E-state index in [0.717, 1.165) is 16.8 Å². The zero-order valence-corrected chi connectivity index (χ0v) is 19.7. The zero-order valence-electron chi connectivity index (χ0n) is 19.7. The largest absolute Gasteiger partial charge is 0.490 e. The quantitative estimate of drug-likeness (QED) is 0.366. The molecule has 0 saturated heterocycles. The number of nitrogens with zero attached hydrogens (tertiary/aromatic N) is 1. The third-order valence-corrected chi connectivity index (χ3v) is 6.17. The van der Waals surface area contributed by atoms with Gasteiger partial charge in [-0.2, -0.15) is 10.0 Å². The van der Waals surface area contributed by atoms with E-state index in [9.17, 15) is 14.3 Å². The number of anilines is 3. The van der Waals surface area contributed by atoms with Crippen molar-refractivity contribution in [1.82, 2.24) is 5.06 Å². The number of carboxylic acids is 1. The molecule has 0 aliphatic carbocycles. The van der Waals surface area contributed by atoms with E-state index in [0.29, 0.717) is 41.4 Å². The summed E-state index contributed by atoms with van der Waals surface area (Å²) >= 11 is 0. The molecule has 3 aromatic rings. The van der Waals surface area contributed by atoms with Crippen molar-refractivity contribution in [2.24, 2.45) is 0 Å². The van der Waals surface area contributed by atoms with Crippen molar-refractivity contribution in [3.8, 4) is 5.75 Å². The molecule has 0 amide bonds. The lowest BCUT2D eigenvalue weighted by Crippen LogP contribution is -2.32. The Bertz CT molecular complexity index is 1220. The highest BCUT2D eigenvalue weighted by Crippen LogP contribution is 2.36. The van der Waals surface area contributed by atoms with Gasteiger partial charge in [0.2, 0.25) is 0 Å². The van der Waals surface area contributed by atoms with E-state index < -0.39 is 17.7 Å². The molecule has 8 nitrogen and oxygen atoms in total. The number of ether oxygens (including phenoxy) is 1. The number of hydrogen-bond donors (Lipinski definition) is 4. The first kappa shape index (κ1) is 24.3. The Kier molecular flexibility index (Phi) is 7.38. The highest BCUT2D eigenvalue weighted by atomic mass is 19.1. The van der Waals surface area contributed by atoms with Crippen LogP contribution in [0, 0.1) is 12.7 Å². The molecule has 1 unspecified atom stereocenters. The van der Waals surface area contributed by atoms with Gasteiger partial charge in [-0.05, 0) is 47.9 Å². The smallest absolute Gasteiger partial charge is 0.304 e. The summed E-state index contributed by atoms with van der Waals surface area (Å²) in [5, 5.41) is 14.2. The van der Waals surface area contributed by atoms with Crippen molar-refractivity contribution in [2.45, 2.75) is 25.8 Å². The molecule has 4 rings (SSSR count). The van der Waals surface area contributed by atoms with Gasteiger partial charge in [-0.3, -0.25) is 4.79 Å². The van der Waals surface area contributed by atoms with Crippen molar-refractivity contribution < 1.29 is 24.0 Å². The van der Waals surface area contributed by atoms with E-state index in [2.05, 4.69) is 10.8 Å². The maximum atomic E-state index is 14.8. The molecule has 0 fully saturated rings.